The molecule has 2 nitrogen and oxygen atoms in total. The monoisotopic (exact) mass is 383 g/mol. The quantitative estimate of drug-likeness (QED) is 0.820. The summed E-state index contributed by atoms with van der Waals surface area (Å²) in [5.41, 5.74) is 7.85. The number of benzene rings is 2. The van der Waals surface area contributed by atoms with Crippen LogP contribution in [0, 0.1) is 6.92 Å². The molecule has 2 aromatic carbocycles. The van der Waals surface area contributed by atoms with Crippen LogP contribution in [-0.2, 0) is 6.42 Å². The van der Waals surface area contributed by atoms with Crippen molar-refractivity contribution >= 4 is 31.9 Å². The number of ether oxygens (including phenoxy) is 1. The Morgan fingerprint density at radius 1 is 1.00 bits per heavy atom. The molecule has 2 aromatic rings. The molecule has 2 N–H and O–H groups in total. The maximum Gasteiger partial charge on any atom is 0.130 e. The molecule has 0 saturated heterocycles. The first-order valence-corrected chi connectivity index (χ1v) is 7.61. The molecule has 0 radical (unpaired) electrons. The summed E-state index contributed by atoms with van der Waals surface area (Å²) in [6.07, 6.45) is 0.796. The van der Waals surface area contributed by atoms with Gasteiger partial charge >= 0.3 is 0 Å². The van der Waals surface area contributed by atoms with Crippen LogP contribution in [0.1, 0.15) is 11.1 Å². The lowest BCUT2D eigenvalue weighted by atomic mass is 10.1. The van der Waals surface area contributed by atoms with Gasteiger partial charge in [-0.15, -0.1) is 0 Å². The van der Waals surface area contributed by atoms with Crippen molar-refractivity contribution in [3.63, 3.8) is 0 Å². The van der Waals surface area contributed by atoms with Crippen LogP contribution in [0.2, 0.25) is 0 Å². The summed E-state index contributed by atoms with van der Waals surface area (Å²) in [5.74, 6) is 1.72. The first-order chi connectivity index (χ1) is 9.10. The molecule has 0 bridgehead atoms. The van der Waals surface area contributed by atoms with E-state index in [0.29, 0.717) is 6.54 Å². The van der Waals surface area contributed by atoms with Gasteiger partial charge in [0, 0.05) is 8.95 Å². The highest BCUT2D eigenvalue weighted by atomic mass is 79.9. The van der Waals surface area contributed by atoms with Gasteiger partial charge in [0.2, 0.25) is 0 Å². The Hall–Kier alpha value is -0.840. The lowest BCUT2D eigenvalue weighted by Gasteiger charge is -2.13. The van der Waals surface area contributed by atoms with E-state index in [1.807, 2.05) is 37.3 Å². The zero-order chi connectivity index (χ0) is 13.8. The Morgan fingerprint density at radius 3 is 2.26 bits per heavy atom. The van der Waals surface area contributed by atoms with Crippen LogP contribution in [0.4, 0.5) is 0 Å². The molecule has 0 atom stereocenters. The van der Waals surface area contributed by atoms with E-state index in [2.05, 4.69) is 37.9 Å². The van der Waals surface area contributed by atoms with E-state index in [9.17, 15) is 0 Å². The fourth-order valence-corrected chi connectivity index (χ4v) is 2.73. The van der Waals surface area contributed by atoms with Crippen molar-refractivity contribution in [2.45, 2.75) is 13.3 Å². The maximum absolute atomic E-state index is 6.01. The Labute approximate surface area is 130 Å². The molecule has 0 aliphatic rings. The van der Waals surface area contributed by atoms with Gasteiger partial charge in [0.05, 0.1) is 0 Å². The first-order valence-electron chi connectivity index (χ1n) is 6.02. The number of nitrogens with two attached hydrogens (primary N) is 1. The van der Waals surface area contributed by atoms with Crippen LogP contribution in [-0.4, -0.2) is 6.54 Å². The minimum absolute atomic E-state index is 0.603. The SMILES string of the molecule is Cc1cc(Br)ccc1Oc1ccc(Br)cc1CCN. The predicted molar refractivity (Wildman–Crippen MR) is 85.9 cm³/mol. The molecule has 0 aromatic heterocycles. The molecule has 19 heavy (non-hydrogen) atoms. The van der Waals surface area contributed by atoms with Crippen molar-refractivity contribution in [3.8, 4) is 11.5 Å². The van der Waals surface area contributed by atoms with Gasteiger partial charge in [-0.05, 0) is 67.4 Å². The fraction of sp³-hybridized carbons (Fsp3) is 0.200. The number of aryl methyl sites for hydroxylation is 1. The minimum Gasteiger partial charge on any atom is -0.457 e. The normalized spacial score (nSPS) is 10.5. The molecular weight excluding hydrogens is 370 g/mol. The van der Waals surface area contributed by atoms with Crippen molar-refractivity contribution in [2.75, 3.05) is 6.54 Å². The predicted octanol–water partition coefficient (Wildman–Crippen LogP) is 4.81. The molecule has 0 spiro atoms. The number of hydrogen-bond donors (Lipinski definition) is 1. The molecule has 4 heteroatoms. The van der Waals surface area contributed by atoms with Gasteiger partial charge in [-0.3, -0.25) is 0 Å². The lowest BCUT2D eigenvalue weighted by molar-refractivity contribution is 0.472. The first kappa shape index (κ1) is 14.6. The fourth-order valence-electron chi connectivity index (χ4n) is 1.84. The molecule has 0 fully saturated rings. The van der Waals surface area contributed by atoms with E-state index in [4.69, 9.17) is 10.5 Å². The smallest absolute Gasteiger partial charge is 0.130 e. The Balaban J connectivity index is 2.32. The maximum atomic E-state index is 6.01. The summed E-state index contributed by atoms with van der Waals surface area (Å²) in [6, 6.07) is 12.0. The summed E-state index contributed by atoms with van der Waals surface area (Å²) < 4.78 is 8.09. The van der Waals surface area contributed by atoms with Gasteiger partial charge < -0.3 is 10.5 Å². The third kappa shape index (κ3) is 3.81. The van der Waals surface area contributed by atoms with E-state index < -0.39 is 0 Å². The average Bonchev–Trinajstić information content (AvgIpc) is 2.36. The average molecular weight is 385 g/mol. The molecule has 2 rings (SSSR count). The van der Waals surface area contributed by atoms with Crippen molar-refractivity contribution in [1.29, 1.82) is 0 Å². The van der Waals surface area contributed by atoms with Crippen LogP contribution in [0.5, 0.6) is 11.5 Å². The third-order valence-electron chi connectivity index (χ3n) is 2.79. The van der Waals surface area contributed by atoms with Gasteiger partial charge in [0.1, 0.15) is 11.5 Å². The van der Waals surface area contributed by atoms with E-state index in [1.54, 1.807) is 0 Å². The zero-order valence-corrected chi connectivity index (χ0v) is 13.8. The van der Waals surface area contributed by atoms with Crippen LogP contribution in [0.3, 0.4) is 0 Å². The highest BCUT2D eigenvalue weighted by Gasteiger charge is 2.07. The highest BCUT2D eigenvalue weighted by Crippen LogP contribution is 2.31. The summed E-state index contributed by atoms with van der Waals surface area (Å²) in [6.45, 7) is 2.63. The van der Waals surface area contributed by atoms with E-state index in [1.165, 1.54) is 0 Å². The van der Waals surface area contributed by atoms with Gasteiger partial charge in [0.15, 0.2) is 0 Å². The Bertz CT molecular complexity index is 584. The standard InChI is InChI=1S/C15H15Br2NO/c1-10-8-12(16)2-4-14(10)19-15-5-3-13(17)9-11(15)6-7-18/h2-5,8-9H,6-7,18H2,1H3. The second-order valence-corrected chi connectivity index (χ2v) is 6.13. The molecule has 0 aliphatic carbocycles. The van der Waals surface area contributed by atoms with E-state index >= 15 is 0 Å². The number of hydrogen-bond acceptors (Lipinski definition) is 2. The number of halogens is 2. The summed E-state index contributed by atoms with van der Waals surface area (Å²) >= 11 is 6.93. The molecular formula is C15H15Br2NO. The largest absolute Gasteiger partial charge is 0.457 e. The van der Waals surface area contributed by atoms with Gasteiger partial charge in [-0.25, -0.2) is 0 Å². The van der Waals surface area contributed by atoms with Crippen molar-refractivity contribution in [1.82, 2.24) is 0 Å². The van der Waals surface area contributed by atoms with Crippen LogP contribution < -0.4 is 10.5 Å². The van der Waals surface area contributed by atoms with Gasteiger partial charge in [0.25, 0.3) is 0 Å². The molecule has 100 valence electrons. The molecule has 0 heterocycles. The van der Waals surface area contributed by atoms with Crippen molar-refractivity contribution in [3.05, 3.63) is 56.5 Å². The molecule has 0 unspecified atom stereocenters. The molecule has 0 amide bonds. The third-order valence-corrected chi connectivity index (χ3v) is 3.78. The molecule has 0 saturated carbocycles. The number of rotatable bonds is 4. The molecule has 0 aliphatic heterocycles. The van der Waals surface area contributed by atoms with Crippen LogP contribution >= 0.6 is 31.9 Å². The summed E-state index contributed by atoms with van der Waals surface area (Å²) in [7, 11) is 0. The zero-order valence-electron chi connectivity index (χ0n) is 10.6. The van der Waals surface area contributed by atoms with Crippen LogP contribution in [0.15, 0.2) is 45.3 Å². The van der Waals surface area contributed by atoms with Crippen LogP contribution in [0.25, 0.3) is 0 Å². The lowest BCUT2D eigenvalue weighted by Crippen LogP contribution is -2.04. The minimum atomic E-state index is 0.603. The Morgan fingerprint density at radius 2 is 1.63 bits per heavy atom. The Kier molecular flexibility index (Phi) is 5.02. The van der Waals surface area contributed by atoms with Crippen molar-refractivity contribution in [2.24, 2.45) is 5.73 Å². The van der Waals surface area contributed by atoms with E-state index in [-0.39, 0.29) is 0 Å². The van der Waals surface area contributed by atoms with Crippen molar-refractivity contribution < 1.29 is 4.74 Å². The van der Waals surface area contributed by atoms with Gasteiger partial charge in [-0.2, -0.15) is 0 Å². The second-order valence-electron chi connectivity index (χ2n) is 4.30. The topological polar surface area (TPSA) is 35.2 Å². The van der Waals surface area contributed by atoms with E-state index in [0.717, 1.165) is 38.0 Å². The van der Waals surface area contributed by atoms with Gasteiger partial charge in [-0.1, -0.05) is 31.9 Å². The second kappa shape index (κ2) is 6.55. The highest BCUT2D eigenvalue weighted by molar-refractivity contribution is 9.10. The summed E-state index contributed by atoms with van der Waals surface area (Å²) in [4.78, 5) is 0. The summed E-state index contributed by atoms with van der Waals surface area (Å²) in [5, 5.41) is 0.